The van der Waals surface area contributed by atoms with Crippen LogP contribution in [-0.2, 0) is 12.8 Å². The summed E-state index contributed by atoms with van der Waals surface area (Å²) in [4.78, 5) is 4.17. The SMILES string of the molecule is COc1ccc(C)c(F)c1CCc1ccc(-c2cccnc2)c2nncn12. The predicted octanol–water partition coefficient (Wildman–Crippen LogP) is 4.03. The van der Waals surface area contributed by atoms with Crippen LogP contribution in [0.2, 0.25) is 0 Å². The third-order valence-corrected chi connectivity index (χ3v) is 4.76. The number of nitrogens with zero attached hydrogens (tertiary/aromatic N) is 4. The van der Waals surface area contributed by atoms with E-state index in [1.165, 1.54) is 0 Å². The normalized spacial score (nSPS) is 11.1. The number of aromatic nitrogens is 4. The van der Waals surface area contributed by atoms with Gasteiger partial charge in [-0.25, -0.2) is 4.39 Å². The maximum Gasteiger partial charge on any atom is 0.168 e. The Morgan fingerprint density at radius 3 is 2.78 bits per heavy atom. The van der Waals surface area contributed by atoms with Gasteiger partial charge in [0.2, 0.25) is 0 Å². The standard InChI is InChI=1S/C21H19FN4O/c1-14-5-10-19(27-2)18(20(14)22)9-7-16-6-8-17(15-4-3-11-23-12-15)21-25-24-13-26(16)21/h3-6,8,10-13H,7,9H2,1-2H3. The Bertz CT molecular complexity index is 1090. The van der Waals surface area contributed by atoms with E-state index in [0.29, 0.717) is 29.7 Å². The molecule has 0 atom stereocenters. The number of fused-ring (bicyclic) bond motifs is 1. The van der Waals surface area contributed by atoms with Gasteiger partial charge < -0.3 is 4.74 Å². The fourth-order valence-electron chi connectivity index (χ4n) is 3.31. The number of hydrogen-bond donors (Lipinski definition) is 0. The average Bonchev–Trinajstić information content (AvgIpc) is 3.19. The second-order valence-corrected chi connectivity index (χ2v) is 6.38. The molecule has 0 aliphatic heterocycles. The highest BCUT2D eigenvalue weighted by molar-refractivity contribution is 5.76. The molecule has 0 aliphatic rings. The van der Waals surface area contributed by atoms with Crippen molar-refractivity contribution in [1.82, 2.24) is 19.6 Å². The first kappa shape index (κ1) is 17.1. The average molecular weight is 362 g/mol. The predicted molar refractivity (Wildman–Crippen MR) is 101 cm³/mol. The van der Waals surface area contributed by atoms with Crippen LogP contribution in [0.1, 0.15) is 16.8 Å². The van der Waals surface area contributed by atoms with Crippen LogP contribution < -0.4 is 4.74 Å². The molecule has 0 spiro atoms. The van der Waals surface area contributed by atoms with Crippen molar-refractivity contribution in [3.05, 3.63) is 77.8 Å². The highest BCUT2D eigenvalue weighted by Gasteiger charge is 2.14. The second-order valence-electron chi connectivity index (χ2n) is 6.38. The molecule has 136 valence electrons. The Hall–Kier alpha value is -3.28. The maximum absolute atomic E-state index is 14.6. The van der Waals surface area contributed by atoms with E-state index in [2.05, 4.69) is 15.2 Å². The molecule has 5 nitrogen and oxygen atoms in total. The Labute approximate surface area is 156 Å². The molecule has 0 fully saturated rings. The van der Waals surface area contributed by atoms with Gasteiger partial charge >= 0.3 is 0 Å². The molecule has 0 bridgehead atoms. The van der Waals surface area contributed by atoms with E-state index in [0.717, 1.165) is 22.5 Å². The van der Waals surface area contributed by atoms with Gasteiger partial charge in [-0.05, 0) is 49.6 Å². The van der Waals surface area contributed by atoms with Gasteiger partial charge in [0.05, 0.1) is 7.11 Å². The maximum atomic E-state index is 14.6. The number of ether oxygens (including phenoxy) is 1. The van der Waals surface area contributed by atoms with Crippen LogP contribution in [0.15, 0.2) is 55.1 Å². The molecule has 0 radical (unpaired) electrons. The third kappa shape index (κ3) is 3.14. The van der Waals surface area contributed by atoms with Crippen LogP contribution in [-0.4, -0.2) is 26.7 Å². The summed E-state index contributed by atoms with van der Waals surface area (Å²) < 4.78 is 21.9. The minimum absolute atomic E-state index is 0.207. The van der Waals surface area contributed by atoms with Gasteiger partial charge in [0.25, 0.3) is 0 Å². The van der Waals surface area contributed by atoms with Crippen molar-refractivity contribution < 1.29 is 9.13 Å². The summed E-state index contributed by atoms with van der Waals surface area (Å²) >= 11 is 0. The number of rotatable bonds is 5. The molecular weight excluding hydrogens is 343 g/mol. The van der Waals surface area contributed by atoms with Crippen molar-refractivity contribution in [1.29, 1.82) is 0 Å². The van der Waals surface area contributed by atoms with Crippen LogP contribution in [0, 0.1) is 12.7 Å². The summed E-state index contributed by atoms with van der Waals surface area (Å²) in [6.45, 7) is 1.76. The second kappa shape index (κ2) is 7.15. The zero-order valence-corrected chi connectivity index (χ0v) is 15.2. The van der Waals surface area contributed by atoms with E-state index in [4.69, 9.17) is 4.74 Å². The fraction of sp³-hybridized carbons (Fsp3) is 0.190. The molecule has 0 unspecified atom stereocenters. The van der Waals surface area contributed by atoms with E-state index < -0.39 is 0 Å². The van der Waals surface area contributed by atoms with Gasteiger partial charge in [0.1, 0.15) is 17.9 Å². The molecule has 6 heteroatoms. The summed E-state index contributed by atoms with van der Waals surface area (Å²) in [5.74, 6) is 0.367. The van der Waals surface area contributed by atoms with Crippen molar-refractivity contribution in [2.75, 3.05) is 7.11 Å². The van der Waals surface area contributed by atoms with E-state index in [1.807, 2.05) is 34.7 Å². The van der Waals surface area contributed by atoms with Crippen molar-refractivity contribution >= 4 is 5.65 Å². The molecule has 0 saturated carbocycles. The van der Waals surface area contributed by atoms with Crippen molar-refractivity contribution in [3.63, 3.8) is 0 Å². The molecule has 1 aromatic carbocycles. The van der Waals surface area contributed by atoms with Gasteiger partial charge in [0.15, 0.2) is 5.65 Å². The van der Waals surface area contributed by atoms with Gasteiger partial charge in [-0.2, -0.15) is 0 Å². The fourth-order valence-corrected chi connectivity index (χ4v) is 3.31. The summed E-state index contributed by atoms with van der Waals surface area (Å²) in [6, 6.07) is 11.5. The first-order valence-electron chi connectivity index (χ1n) is 8.73. The van der Waals surface area contributed by atoms with E-state index in [1.54, 1.807) is 38.8 Å². The number of pyridine rings is 2. The monoisotopic (exact) mass is 362 g/mol. The lowest BCUT2D eigenvalue weighted by Gasteiger charge is -2.13. The number of aryl methyl sites for hydroxylation is 2. The Balaban J connectivity index is 1.69. The highest BCUT2D eigenvalue weighted by Crippen LogP contribution is 2.27. The molecule has 4 rings (SSSR count). The van der Waals surface area contributed by atoms with Crippen LogP contribution in [0.25, 0.3) is 16.8 Å². The molecule has 0 amide bonds. The lowest BCUT2D eigenvalue weighted by molar-refractivity contribution is 0.403. The van der Waals surface area contributed by atoms with E-state index >= 15 is 0 Å². The zero-order valence-electron chi connectivity index (χ0n) is 15.2. The molecule has 3 heterocycles. The molecule has 0 aliphatic carbocycles. The topological polar surface area (TPSA) is 52.3 Å². The Kier molecular flexibility index (Phi) is 4.54. The first-order valence-corrected chi connectivity index (χ1v) is 8.73. The van der Waals surface area contributed by atoms with E-state index in [-0.39, 0.29) is 5.82 Å². The molecule has 3 aromatic heterocycles. The first-order chi connectivity index (χ1) is 13.2. The van der Waals surface area contributed by atoms with E-state index in [9.17, 15) is 4.39 Å². The molecule has 4 aromatic rings. The molecular formula is C21H19FN4O. The summed E-state index contributed by atoms with van der Waals surface area (Å²) in [6.07, 6.45) is 6.39. The Morgan fingerprint density at radius 2 is 2.00 bits per heavy atom. The van der Waals surface area contributed by atoms with Crippen LogP contribution in [0.5, 0.6) is 5.75 Å². The molecule has 27 heavy (non-hydrogen) atoms. The van der Waals surface area contributed by atoms with Gasteiger partial charge in [-0.15, -0.1) is 10.2 Å². The number of benzene rings is 1. The largest absolute Gasteiger partial charge is 0.496 e. The summed E-state index contributed by atoms with van der Waals surface area (Å²) in [7, 11) is 1.56. The number of hydrogen-bond acceptors (Lipinski definition) is 4. The van der Waals surface area contributed by atoms with Gasteiger partial charge in [0, 0.05) is 34.8 Å². The highest BCUT2D eigenvalue weighted by atomic mass is 19.1. The summed E-state index contributed by atoms with van der Waals surface area (Å²) in [5.41, 5.74) is 4.92. The van der Waals surface area contributed by atoms with Crippen LogP contribution in [0.3, 0.4) is 0 Å². The minimum atomic E-state index is -0.207. The van der Waals surface area contributed by atoms with Gasteiger partial charge in [-0.1, -0.05) is 12.1 Å². The number of halogens is 1. The zero-order chi connectivity index (χ0) is 18.8. The van der Waals surface area contributed by atoms with Gasteiger partial charge in [-0.3, -0.25) is 9.38 Å². The lowest BCUT2D eigenvalue weighted by atomic mass is 10.0. The smallest absolute Gasteiger partial charge is 0.168 e. The van der Waals surface area contributed by atoms with Crippen molar-refractivity contribution in [3.8, 4) is 16.9 Å². The quantitative estimate of drug-likeness (QED) is 0.538. The summed E-state index contributed by atoms with van der Waals surface area (Å²) in [5, 5.41) is 8.32. The Morgan fingerprint density at radius 1 is 1.11 bits per heavy atom. The van der Waals surface area contributed by atoms with Crippen molar-refractivity contribution in [2.45, 2.75) is 19.8 Å². The third-order valence-electron chi connectivity index (χ3n) is 4.76. The lowest BCUT2D eigenvalue weighted by Crippen LogP contribution is -2.04. The minimum Gasteiger partial charge on any atom is -0.496 e. The molecule has 0 saturated heterocycles. The van der Waals surface area contributed by atoms with Crippen LogP contribution in [0.4, 0.5) is 4.39 Å². The number of methoxy groups -OCH3 is 1. The molecule has 0 N–H and O–H groups in total. The van der Waals surface area contributed by atoms with Crippen molar-refractivity contribution in [2.24, 2.45) is 0 Å². The van der Waals surface area contributed by atoms with Crippen LogP contribution >= 0.6 is 0 Å².